The summed E-state index contributed by atoms with van der Waals surface area (Å²) < 4.78 is 5.26. The van der Waals surface area contributed by atoms with Crippen LogP contribution in [-0.4, -0.2) is 17.1 Å². The van der Waals surface area contributed by atoms with E-state index in [0.717, 1.165) is 46.8 Å². The molecule has 0 amide bonds. The Bertz CT molecular complexity index is 993. The molecule has 0 unspecified atom stereocenters. The lowest BCUT2D eigenvalue weighted by Gasteiger charge is -2.17. The van der Waals surface area contributed by atoms with Crippen LogP contribution in [0.1, 0.15) is 35.2 Å². The summed E-state index contributed by atoms with van der Waals surface area (Å²) >= 11 is 3.46. The maximum absolute atomic E-state index is 12.6. The number of ether oxygens (including phenoxy) is 1. The van der Waals surface area contributed by atoms with Crippen LogP contribution in [0.2, 0.25) is 0 Å². The quantitative estimate of drug-likeness (QED) is 0.699. The number of rotatable bonds is 5. The van der Waals surface area contributed by atoms with E-state index in [1.165, 1.54) is 16.0 Å². The third kappa shape index (κ3) is 3.53. The molecule has 0 saturated carbocycles. The van der Waals surface area contributed by atoms with Gasteiger partial charge < -0.3 is 9.72 Å². The molecule has 3 aromatic rings. The number of H-pyrrole nitrogens is 1. The molecule has 0 fully saturated rings. The first-order valence-electron chi connectivity index (χ1n) is 8.88. The van der Waals surface area contributed by atoms with Crippen molar-refractivity contribution >= 4 is 33.3 Å². The van der Waals surface area contributed by atoms with Crippen molar-refractivity contribution in [1.82, 2.24) is 9.97 Å². The molecule has 4 rings (SSSR count). The number of aryl methyl sites for hydroxylation is 1. The highest BCUT2D eigenvalue weighted by Gasteiger charge is 2.22. The highest BCUT2D eigenvalue weighted by Crippen LogP contribution is 2.35. The zero-order chi connectivity index (χ0) is 18.1. The van der Waals surface area contributed by atoms with Crippen molar-refractivity contribution in [2.75, 3.05) is 7.11 Å². The van der Waals surface area contributed by atoms with Crippen LogP contribution >= 0.6 is 23.1 Å². The minimum Gasteiger partial charge on any atom is -0.497 e. The Hall–Kier alpha value is -1.79. The van der Waals surface area contributed by atoms with Crippen molar-refractivity contribution in [2.45, 2.75) is 37.7 Å². The number of hydrogen-bond acceptors (Lipinski definition) is 5. The van der Waals surface area contributed by atoms with Gasteiger partial charge in [-0.05, 0) is 48.4 Å². The van der Waals surface area contributed by atoms with Crippen LogP contribution < -0.4 is 10.3 Å². The molecule has 1 aliphatic carbocycles. The second kappa shape index (κ2) is 7.45. The second-order valence-electron chi connectivity index (χ2n) is 6.89. The standard InChI is InChI=1S/C20H22N2O2S2/c1-12-6-7-15-16(8-12)26-20-18(15)19(23)21-17(22-20)11-25-10-13-4-3-5-14(9-13)24-2/h3-5,9,12H,6-8,10-11H2,1-2H3,(H,21,22,23)/t12-/m0/s1. The number of nitrogens with one attached hydrogen (secondary N) is 1. The van der Waals surface area contributed by atoms with Crippen molar-refractivity contribution in [2.24, 2.45) is 5.92 Å². The largest absolute Gasteiger partial charge is 0.497 e. The number of aromatic nitrogens is 2. The van der Waals surface area contributed by atoms with Gasteiger partial charge in [0.05, 0.1) is 18.2 Å². The number of nitrogens with zero attached hydrogens (tertiary/aromatic N) is 1. The van der Waals surface area contributed by atoms with Gasteiger partial charge in [0, 0.05) is 10.6 Å². The summed E-state index contributed by atoms with van der Waals surface area (Å²) in [6.07, 6.45) is 3.25. The lowest BCUT2D eigenvalue weighted by molar-refractivity contribution is 0.414. The Kier molecular flexibility index (Phi) is 5.05. The summed E-state index contributed by atoms with van der Waals surface area (Å²) in [6, 6.07) is 8.07. The van der Waals surface area contributed by atoms with E-state index in [1.54, 1.807) is 30.2 Å². The van der Waals surface area contributed by atoms with E-state index in [4.69, 9.17) is 9.72 Å². The number of methoxy groups -OCH3 is 1. The first kappa shape index (κ1) is 17.6. The minimum absolute atomic E-state index is 0.0269. The highest BCUT2D eigenvalue weighted by molar-refractivity contribution is 7.97. The zero-order valence-electron chi connectivity index (χ0n) is 15.0. The van der Waals surface area contributed by atoms with E-state index in [-0.39, 0.29) is 5.56 Å². The molecule has 26 heavy (non-hydrogen) atoms. The molecule has 0 aliphatic heterocycles. The molecule has 4 nitrogen and oxygen atoms in total. The first-order chi connectivity index (χ1) is 12.6. The molecule has 1 atom stereocenters. The molecule has 2 aromatic heterocycles. The van der Waals surface area contributed by atoms with E-state index in [0.29, 0.717) is 11.7 Å². The van der Waals surface area contributed by atoms with E-state index in [9.17, 15) is 4.79 Å². The first-order valence-corrected chi connectivity index (χ1v) is 10.8. The zero-order valence-corrected chi connectivity index (χ0v) is 16.6. The van der Waals surface area contributed by atoms with Crippen LogP contribution in [0.5, 0.6) is 5.75 Å². The fourth-order valence-electron chi connectivity index (χ4n) is 3.49. The summed E-state index contributed by atoms with van der Waals surface area (Å²) in [5.41, 5.74) is 2.48. The Morgan fingerprint density at radius 3 is 3.12 bits per heavy atom. The molecule has 1 aliphatic rings. The normalized spacial score (nSPS) is 16.6. The Morgan fingerprint density at radius 2 is 2.27 bits per heavy atom. The summed E-state index contributed by atoms with van der Waals surface area (Å²) in [4.78, 5) is 22.6. The third-order valence-electron chi connectivity index (χ3n) is 4.86. The number of benzene rings is 1. The van der Waals surface area contributed by atoms with Crippen molar-refractivity contribution in [3.63, 3.8) is 0 Å². The van der Waals surface area contributed by atoms with Crippen molar-refractivity contribution in [3.05, 3.63) is 56.4 Å². The average molecular weight is 387 g/mol. The molecule has 2 heterocycles. The molecule has 0 radical (unpaired) electrons. The lowest BCUT2D eigenvalue weighted by Crippen LogP contribution is -2.14. The van der Waals surface area contributed by atoms with E-state index in [2.05, 4.69) is 18.0 Å². The summed E-state index contributed by atoms with van der Waals surface area (Å²) in [5, 5.41) is 0.832. The molecule has 1 aromatic carbocycles. The van der Waals surface area contributed by atoms with Gasteiger partial charge in [-0.2, -0.15) is 0 Å². The van der Waals surface area contributed by atoms with Gasteiger partial charge in [0.15, 0.2) is 0 Å². The van der Waals surface area contributed by atoms with Crippen LogP contribution in [0, 0.1) is 5.92 Å². The predicted molar refractivity (Wildman–Crippen MR) is 109 cm³/mol. The molecule has 0 bridgehead atoms. The number of thiophene rings is 1. The van der Waals surface area contributed by atoms with Crippen molar-refractivity contribution < 1.29 is 4.74 Å². The minimum atomic E-state index is 0.0269. The SMILES string of the molecule is COc1cccc(CSCc2nc3sc4c(c3c(=O)[nH]2)CC[C@H](C)C4)c1. The predicted octanol–water partition coefficient (Wildman–Crippen LogP) is 4.55. The number of aromatic amines is 1. The van der Waals surface area contributed by atoms with E-state index in [1.807, 2.05) is 18.2 Å². The van der Waals surface area contributed by atoms with Gasteiger partial charge in [0.25, 0.3) is 5.56 Å². The van der Waals surface area contributed by atoms with Gasteiger partial charge in [0.1, 0.15) is 16.4 Å². The molecule has 0 spiro atoms. The van der Waals surface area contributed by atoms with Gasteiger partial charge in [-0.25, -0.2) is 4.98 Å². The summed E-state index contributed by atoms with van der Waals surface area (Å²) in [7, 11) is 1.68. The fraction of sp³-hybridized carbons (Fsp3) is 0.400. The van der Waals surface area contributed by atoms with Crippen molar-refractivity contribution in [3.8, 4) is 5.75 Å². The summed E-state index contributed by atoms with van der Waals surface area (Å²) in [6.45, 7) is 2.28. The monoisotopic (exact) mass is 386 g/mol. The van der Waals surface area contributed by atoms with Gasteiger partial charge in [-0.3, -0.25) is 4.79 Å². The van der Waals surface area contributed by atoms with E-state index < -0.39 is 0 Å². The van der Waals surface area contributed by atoms with Crippen LogP contribution in [0.25, 0.3) is 10.2 Å². The smallest absolute Gasteiger partial charge is 0.259 e. The molecule has 136 valence electrons. The highest BCUT2D eigenvalue weighted by atomic mass is 32.2. The van der Waals surface area contributed by atoms with Crippen LogP contribution in [-0.2, 0) is 24.3 Å². The van der Waals surface area contributed by atoms with Crippen LogP contribution in [0.15, 0.2) is 29.1 Å². The van der Waals surface area contributed by atoms with Gasteiger partial charge in [-0.15, -0.1) is 23.1 Å². The Balaban J connectivity index is 1.51. The number of hydrogen-bond donors (Lipinski definition) is 1. The molecule has 0 saturated heterocycles. The summed E-state index contributed by atoms with van der Waals surface area (Å²) in [5.74, 6) is 3.89. The second-order valence-corrected chi connectivity index (χ2v) is 8.96. The van der Waals surface area contributed by atoms with Gasteiger partial charge in [0.2, 0.25) is 0 Å². The number of thioether (sulfide) groups is 1. The molecular formula is C20H22N2O2S2. The van der Waals surface area contributed by atoms with Gasteiger partial charge in [-0.1, -0.05) is 19.1 Å². The lowest BCUT2D eigenvalue weighted by atomic mass is 9.89. The topological polar surface area (TPSA) is 55.0 Å². The maximum Gasteiger partial charge on any atom is 0.259 e. The molecule has 6 heteroatoms. The van der Waals surface area contributed by atoms with Crippen LogP contribution in [0.3, 0.4) is 0 Å². The van der Waals surface area contributed by atoms with Crippen molar-refractivity contribution in [1.29, 1.82) is 0 Å². The van der Waals surface area contributed by atoms with E-state index >= 15 is 0 Å². The Labute approximate surface area is 161 Å². The fourth-order valence-corrected chi connectivity index (χ4v) is 5.74. The van der Waals surface area contributed by atoms with Crippen LogP contribution in [0.4, 0.5) is 0 Å². The third-order valence-corrected chi connectivity index (χ3v) is 7.02. The average Bonchev–Trinajstić information content (AvgIpc) is 2.99. The Morgan fingerprint density at radius 1 is 1.38 bits per heavy atom. The number of fused-ring (bicyclic) bond motifs is 3. The maximum atomic E-state index is 12.6. The molecular weight excluding hydrogens is 364 g/mol. The molecule has 1 N–H and O–H groups in total. The van der Waals surface area contributed by atoms with Gasteiger partial charge >= 0.3 is 0 Å².